The van der Waals surface area contributed by atoms with Crippen molar-refractivity contribution in [2.75, 3.05) is 191 Å². The molecule has 3 heterocycles. The van der Waals surface area contributed by atoms with Gasteiger partial charge in [0.1, 0.15) is 78.6 Å². The predicted molar refractivity (Wildman–Crippen MR) is 420 cm³/mol. The molecule has 3 rings (SSSR count). The molecule has 8 amide bonds. The monoisotopic (exact) mass is 1760 g/mol. The Bertz CT molecular complexity index is 2600. The Balaban J connectivity index is 1.56. The molecule has 0 radical (unpaired) electrons. The number of unbranched alkanes of at least 4 members (excludes halogenated alkanes) is 12. The highest BCUT2D eigenvalue weighted by Gasteiger charge is 2.48. The molecule has 15 unspecified atom stereocenters. The Morgan fingerprint density at radius 3 is 0.908 bits per heavy atom. The highest BCUT2D eigenvalue weighted by Crippen LogP contribution is 2.36. The molecule has 0 aliphatic carbocycles. The van der Waals surface area contributed by atoms with Crippen molar-refractivity contribution in [2.45, 2.75) is 240 Å². The molecule has 3 saturated heterocycles. The number of rotatable bonds is 73. The average Bonchev–Trinajstić information content (AvgIpc) is 0.817. The Labute approximate surface area is 701 Å². The summed E-state index contributed by atoms with van der Waals surface area (Å²) in [6.07, 6.45) is -3.87. The van der Waals surface area contributed by atoms with E-state index in [1.165, 1.54) is 20.8 Å². The van der Waals surface area contributed by atoms with E-state index in [4.69, 9.17) is 80.8 Å². The van der Waals surface area contributed by atoms with Crippen molar-refractivity contribution < 1.29 is 174 Å². The smallest absolute Gasteiger partial charge is 0.394 e. The number of phosphoric acid groups is 1. The van der Waals surface area contributed by atoms with Gasteiger partial charge in [-0.05, 0) is 25.7 Å². The second-order valence-corrected chi connectivity index (χ2v) is 30.2. The third-order valence-electron chi connectivity index (χ3n) is 18.8. The van der Waals surface area contributed by atoms with Gasteiger partial charge in [-0.2, -0.15) is 0 Å². The molecule has 0 bridgehead atoms. The molecule has 3 aliphatic rings. The number of ether oxygens (including phenoxy) is 15. The van der Waals surface area contributed by atoms with Gasteiger partial charge in [0.05, 0.1) is 165 Å². The minimum absolute atomic E-state index is 0.0417. The van der Waals surface area contributed by atoms with E-state index in [-0.39, 0.29) is 197 Å². The summed E-state index contributed by atoms with van der Waals surface area (Å²) in [6.45, 7) is 2.79. The zero-order valence-corrected chi connectivity index (χ0v) is 70.6. The van der Waals surface area contributed by atoms with Crippen molar-refractivity contribution in [3.05, 3.63) is 0 Å². The highest BCUT2D eigenvalue weighted by atomic mass is 31.2. The molecule has 0 saturated carbocycles. The summed E-state index contributed by atoms with van der Waals surface area (Å²) in [5.41, 5.74) is -1.45. The Morgan fingerprint density at radius 1 is 0.317 bits per heavy atom. The van der Waals surface area contributed by atoms with Crippen molar-refractivity contribution >= 4 is 55.1 Å². The molecular formula is C75H139N8O36P. The van der Waals surface area contributed by atoms with E-state index in [0.717, 1.165) is 57.8 Å². The number of carbonyl (C=O) groups is 8. The van der Waals surface area contributed by atoms with Gasteiger partial charge in [-0.15, -0.1) is 0 Å². The molecule has 0 aromatic heterocycles. The van der Waals surface area contributed by atoms with Crippen molar-refractivity contribution in [3.63, 3.8) is 0 Å². The number of aliphatic hydroxyl groups excluding tert-OH is 9. The topological polar surface area (TPSA) is 620 Å². The standard InChI is InChI=1S/C75H139N8O36P/c1-52(87)80-63-69(98)66(95)55(46-84)117-72(63)113-43-40-107-37-34-104-31-24-77-59(91)20-28-110-49-75(83-62(94)19-15-11-10-14-18-58(90)76-23-16-12-8-6-4-5-7-9-13-17-27-116-120(101,102)103,50-111-29-21-60(92)78-25-32-105-35-38-108-41-44-114-73-64(81-53(2)88)70(99)67(96)56(47-85)118-73)51-112-30-22-61(93)79-26-33-106-36-39-109-42-45-115-74-65(82-54(3)89)71(100)68(97)57(48-86)119-74/h55-57,63-74,84-86,95-100H,4-51H2,1-3H3,(H,76,90)(H,77,91)(H,78,92)(H,79,93)(H,80,87)(H,81,88)(H,82,89)(H,83,94)(H2,101,102,103). The second kappa shape index (κ2) is 66.4. The molecule has 0 spiro atoms. The van der Waals surface area contributed by atoms with Gasteiger partial charge in [0.25, 0.3) is 0 Å². The van der Waals surface area contributed by atoms with Crippen molar-refractivity contribution in [1.29, 1.82) is 0 Å². The molecule has 120 heavy (non-hydrogen) atoms. The quantitative estimate of drug-likeness (QED) is 0.0200. The van der Waals surface area contributed by atoms with Crippen molar-refractivity contribution in [3.8, 4) is 0 Å². The summed E-state index contributed by atoms with van der Waals surface area (Å²) in [5, 5.41) is 113. The zero-order valence-electron chi connectivity index (χ0n) is 69.7. The van der Waals surface area contributed by atoms with Crippen LogP contribution in [-0.4, -0.2) is 392 Å². The van der Waals surface area contributed by atoms with Crippen LogP contribution < -0.4 is 42.5 Å². The number of hydrogen-bond donors (Lipinski definition) is 19. The minimum Gasteiger partial charge on any atom is -0.394 e. The van der Waals surface area contributed by atoms with E-state index >= 15 is 0 Å². The third kappa shape index (κ3) is 50.2. The maximum atomic E-state index is 14.0. The Morgan fingerprint density at radius 2 is 0.592 bits per heavy atom. The highest BCUT2D eigenvalue weighted by molar-refractivity contribution is 7.46. The lowest BCUT2D eigenvalue weighted by molar-refractivity contribution is -0.272. The third-order valence-corrected chi connectivity index (χ3v) is 19.3. The summed E-state index contributed by atoms with van der Waals surface area (Å²) < 4.78 is 101. The van der Waals surface area contributed by atoms with Crippen LogP contribution in [0.25, 0.3) is 0 Å². The van der Waals surface area contributed by atoms with E-state index in [1.54, 1.807) is 0 Å². The Hall–Kier alpha value is -5.09. The maximum Gasteiger partial charge on any atom is 0.469 e. The first-order chi connectivity index (χ1) is 57.6. The molecular weight excluding hydrogens is 1620 g/mol. The van der Waals surface area contributed by atoms with Crippen LogP contribution in [0.15, 0.2) is 0 Å². The molecule has 3 aliphatic heterocycles. The molecule has 15 atom stereocenters. The maximum absolute atomic E-state index is 14.0. The van der Waals surface area contributed by atoms with Crippen LogP contribution in [0.1, 0.15) is 143 Å². The van der Waals surface area contributed by atoms with Gasteiger partial charge in [0, 0.05) is 79.1 Å². The van der Waals surface area contributed by atoms with E-state index in [2.05, 4.69) is 47.1 Å². The lowest BCUT2D eigenvalue weighted by Crippen LogP contribution is -2.64. The van der Waals surface area contributed by atoms with Crippen LogP contribution in [0.3, 0.4) is 0 Å². The number of nitrogens with one attached hydrogen (secondary N) is 8. The van der Waals surface area contributed by atoms with Gasteiger partial charge in [-0.3, -0.25) is 42.9 Å². The summed E-state index contributed by atoms with van der Waals surface area (Å²) in [7, 11) is -4.42. The fourth-order valence-corrected chi connectivity index (χ4v) is 12.8. The van der Waals surface area contributed by atoms with Gasteiger partial charge < -0.3 is 169 Å². The van der Waals surface area contributed by atoms with Crippen molar-refractivity contribution in [1.82, 2.24) is 42.5 Å². The van der Waals surface area contributed by atoms with E-state index in [9.17, 15) is 88.9 Å². The summed E-state index contributed by atoms with van der Waals surface area (Å²) >= 11 is 0. The average molecular weight is 1760 g/mol. The van der Waals surface area contributed by atoms with E-state index < -0.39 is 166 Å². The molecule has 0 aromatic carbocycles. The Kier molecular flexibility index (Phi) is 60.3. The summed E-state index contributed by atoms with van der Waals surface area (Å²) in [5.74, 6) is -3.15. The van der Waals surface area contributed by atoms with Gasteiger partial charge in [0.2, 0.25) is 47.3 Å². The number of carbonyl (C=O) groups excluding carboxylic acids is 8. The molecule has 700 valence electrons. The van der Waals surface area contributed by atoms with Gasteiger partial charge in [-0.1, -0.05) is 64.2 Å². The van der Waals surface area contributed by atoms with Gasteiger partial charge in [-0.25, -0.2) is 4.57 Å². The first-order valence-electron chi connectivity index (χ1n) is 41.5. The van der Waals surface area contributed by atoms with Crippen LogP contribution in [0.2, 0.25) is 0 Å². The van der Waals surface area contributed by atoms with E-state index in [1.807, 2.05) is 0 Å². The van der Waals surface area contributed by atoms with Crippen molar-refractivity contribution in [2.24, 2.45) is 0 Å². The lowest BCUT2D eigenvalue weighted by Gasteiger charge is -2.42. The molecule has 45 heteroatoms. The number of phosphoric ester groups is 1. The first kappa shape index (κ1) is 109. The van der Waals surface area contributed by atoms with Gasteiger partial charge in [0.15, 0.2) is 18.9 Å². The normalized spacial score (nSPS) is 23.6. The predicted octanol–water partition coefficient (Wildman–Crippen LogP) is -5.14. The fourth-order valence-electron chi connectivity index (χ4n) is 12.5. The van der Waals surface area contributed by atoms with Crippen LogP contribution in [0.5, 0.6) is 0 Å². The fraction of sp³-hybridized carbons (Fsp3) is 0.893. The van der Waals surface area contributed by atoms with E-state index in [0.29, 0.717) is 45.1 Å². The minimum atomic E-state index is -4.42. The largest absolute Gasteiger partial charge is 0.469 e. The SMILES string of the molecule is CC(=O)NC1C(OCCOCCOCCNC(=O)CCOCC(COCCC(=O)NCCOCCOCCOC2OC(CO)C(O)C(O)C2NC(C)=O)(COCCC(=O)NCCOCCOCCOC2OC(CO)C(O)C(O)C2NC(C)=O)NC(=O)CCCCCCC(=O)NCCCCCCCCCCCCOP(=O)(O)O)OC(CO)C(O)C1O. The summed E-state index contributed by atoms with van der Waals surface area (Å²) in [6, 6.07) is -3.33. The van der Waals surface area contributed by atoms with Crippen LogP contribution >= 0.6 is 7.82 Å². The number of hydrogen-bond acceptors (Lipinski definition) is 34. The summed E-state index contributed by atoms with van der Waals surface area (Å²) in [4.78, 5) is 119. The molecule has 44 nitrogen and oxygen atoms in total. The zero-order chi connectivity index (χ0) is 88.2. The van der Waals surface area contributed by atoms with Crippen LogP contribution in [0.4, 0.5) is 0 Å². The van der Waals surface area contributed by atoms with Crippen LogP contribution in [-0.2, 0) is 118 Å². The molecule has 19 N–H and O–H groups in total. The lowest BCUT2D eigenvalue weighted by atomic mass is 9.97. The number of amides is 8. The number of aliphatic hydroxyl groups is 9. The van der Waals surface area contributed by atoms with Gasteiger partial charge >= 0.3 is 7.82 Å². The molecule has 0 aromatic rings. The second-order valence-electron chi connectivity index (χ2n) is 29.0. The van der Waals surface area contributed by atoms with Crippen LogP contribution in [0, 0.1) is 0 Å². The molecule has 3 fully saturated rings. The first-order valence-corrected chi connectivity index (χ1v) is 43.0.